The second-order valence-corrected chi connectivity index (χ2v) is 6.47. The summed E-state index contributed by atoms with van der Waals surface area (Å²) in [4.78, 5) is 29.5. The van der Waals surface area contributed by atoms with Gasteiger partial charge in [0, 0.05) is 38.1 Å². The van der Waals surface area contributed by atoms with Crippen molar-refractivity contribution >= 4 is 12.0 Å². The van der Waals surface area contributed by atoms with Crippen LogP contribution in [0.5, 0.6) is 0 Å². The SMILES string of the molecule is CC1CN2CCCC2CN1C(=O)N1CC(O)C[C@H]1C(=O)O. The molecule has 3 fully saturated rings. The molecule has 3 saturated heterocycles. The van der Waals surface area contributed by atoms with E-state index in [0.29, 0.717) is 12.6 Å². The Morgan fingerprint density at radius 3 is 2.62 bits per heavy atom. The number of aliphatic carboxylic acids is 1. The second kappa shape index (κ2) is 5.46. The standard InChI is InChI=1S/C14H23N3O4/c1-9-6-15-4-2-3-10(15)7-16(9)14(21)17-8-11(18)5-12(17)13(19)20/h9-12,18H,2-8H2,1H3,(H,19,20)/t9?,10?,11?,12-/m0/s1. The summed E-state index contributed by atoms with van der Waals surface area (Å²) in [5.74, 6) is -1.04. The van der Waals surface area contributed by atoms with E-state index in [9.17, 15) is 19.8 Å². The lowest BCUT2D eigenvalue weighted by molar-refractivity contribution is -0.141. The topological polar surface area (TPSA) is 84.3 Å². The van der Waals surface area contributed by atoms with Gasteiger partial charge in [0.1, 0.15) is 6.04 Å². The predicted molar refractivity (Wildman–Crippen MR) is 74.9 cm³/mol. The van der Waals surface area contributed by atoms with Gasteiger partial charge in [-0.1, -0.05) is 0 Å². The van der Waals surface area contributed by atoms with Gasteiger partial charge in [-0.2, -0.15) is 0 Å². The zero-order valence-corrected chi connectivity index (χ0v) is 12.3. The average Bonchev–Trinajstić information content (AvgIpc) is 3.02. The van der Waals surface area contributed by atoms with Crippen molar-refractivity contribution in [1.82, 2.24) is 14.7 Å². The zero-order chi connectivity index (χ0) is 15.1. The van der Waals surface area contributed by atoms with Crippen molar-refractivity contribution in [3.8, 4) is 0 Å². The summed E-state index contributed by atoms with van der Waals surface area (Å²) in [6, 6.07) is -0.653. The number of amides is 2. The summed E-state index contributed by atoms with van der Waals surface area (Å²) in [6.45, 7) is 4.74. The first kappa shape index (κ1) is 14.6. The fourth-order valence-electron chi connectivity index (χ4n) is 3.88. The Hall–Kier alpha value is -1.34. The first-order valence-electron chi connectivity index (χ1n) is 7.69. The maximum Gasteiger partial charge on any atom is 0.326 e. The molecule has 0 aliphatic carbocycles. The van der Waals surface area contributed by atoms with Crippen molar-refractivity contribution in [3.63, 3.8) is 0 Å². The van der Waals surface area contributed by atoms with Crippen molar-refractivity contribution in [2.75, 3.05) is 26.2 Å². The highest BCUT2D eigenvalue weighted by molar-refractivity contribution is 5.83. The van der Waals surface area contributed by atoms with Crippen molar-refractivity contribution in [1.29, 1.82) is 0 Å². The molecule has 0 bridgehead atoms. The van der Waals surface area contributed by atoms with Crippen molar-refractivity contribution in [2.24, 2.45) is 0 Å². The van der Waals surface area contributed by atoms with Crippen LogP contribution >= 0.6 is 0 Å². The van der Waals surface area contributed by atoms with Gasteiger partial charge in [-0.3, -0.25) is 4.90 Å². The van der Waals surface area contributed by atoms with E-state index in [1.54, 1.807) is 4.90 Å². The van der Waals surface area contributed by atoms with Crippen LogP contribution in [0.2, 0.25) is 0 Å². The highest BCUT2D eigenvalue weighted by Gasteiger charge is 2.44. The molecule has 0 radical (unpaired) electrons. The summed E-state index contributed by atoms with van der Waals surface area (Å²) >= 11 is 0. The van der Waals surface area contributed by atoms with Crippen LogP contribution in [0.25, 0.3) is 0 Å². The van der Waals surface area contributed by atoms with Crippen molar-refractivity contribution < 1.29 is 19.8 Å². The molecule has 4 atom stereocenters. The molecule has 3 heterocycles. The number of aliphatic hydroxyl groups excluding tert-OH is 1. The molecule has 0 aromatic heterocycles. The number of piperazine rings is 1. The Kier molecular flexibility index (Phi) is 3.79. The van der Waals surface area contributed by atoms with Gasteiger partial charge < -0.3 is 20.0 Å². The van der Waals surface area contributed by atoms with Crippen LogP contribution in [0.1, 0.15) is 26.2 Å². The van der Waals surface area contributed by atoms with Gasteiger partial charge in [-0.25, -0.2) is 9.59 Å². The Balaban J connectivity index is 1.73. The highest BCUT2D eigenvalue weighted by atomic mass is 16.4. The van der Waals surface area contributed by atoms with Crippen molar-refractivity contribution in [3.05, 3.63) is 0 Å². The second-order valence-electron chi connectivity index (χ2n) is 6.47. The quantitative estimate of drug-likeness (QED) is 0.700. The Morgan fingerprint density at radius 1 is 1.14 bits per heavy atom. The number of carbonyl (C=O) groups excluding carboxylic acids is 1. The van der Waals surface area contributed by atoms with E-state index in [1.807, 2.05) is 6.92 Å². The van der Waals surface area contributed by atoms with Crippen molar-refractivity contribution in [2.45, 2.75) is 50.4 Å². The van der Waals surface area contributed by atoms with E-state index in [4.69, 9.17) is 0 Å². The number of β-amino-alcohol motifs (C(OH)–C–C–N with tert-alkyl or cyclic N) is 1. The Morgan fingerprint density at radius 2 is 1.90 bits per heavy atom. The van der Waals surface area contributed by atoms with E-state index >= 15 is 0 Å². The van der Waals surface area contributed by atoms with Gasteiger partial charge in [-0.05, 0) is 26.3 Å². The number of hydrogen-bond acceptors (Lipinski definition) is 4. The maximum atomic E-state index is 12.7. The molecule has 7 nitrogen and oxygen atoms in total. The lowest BCUT2D eigenvalue weighted by Gasteiger charge is -2.44. The fraction of sp³-hybridized carbons (Fsp3) is 0.857. The van der Waals surface area contributed by atoms with Crippen LogP contribution in [0, 0.1) is 0 Å². The van der Waals surface area contributed by atoms with Gasteiger partial charge >= 0.3 is 12.0 Å². The Bertz CT molecular complexity index is 444. The molecule has 2 amide bonds. The molecule has 0 aromatic rings. The third-order valence-corrected chi connectivity index (χ3v) is 4.99. The largest absolute Gasteiger partial charge is 0.480 e. The molecule has 3 rings (SSSR count). The number of urea groups is 1. The van der Waals surface area contributed by atoms with Gasteiger partial charge in [0.05, 0.1) is 6.10 Å². The highest BCUT2D eigenvalue weighted by Crippen LogP contribution is 2.27. The molecule has 0 spiro atoms. The number of carboxylic acid groups (broad SMARTS) is 1. The maximum absolute atomic E-state index is 12.7. The molecular formula is C14H23N3O4. The van der Waals surface area contributed by atoms with Crippen LogP contribution < -0.4 is 0 Å². The lowest BCUT2D eigenvalue weighted by Crippen LogP contribution is -2.60. The molecular weight excluding hydrogens is 274 g/mol. The smallest absolute Gasteiger partial charge is 0.326 e. The van der Waals surface area contributed by atoms with Gasteiger partial charge in [0.15, 0.2) is 0 Å². The minimum absolute atomic E-state index is 0.0824. The monoisotopic (exact) mass is 297 g/mol. The predicted octanol–water partition coefficient (Wildman–Crippen LogP) is -0.205. The average molecular weight is 297 g/mol. The van der Waals surface area contributed by atoms with Crippen LogP contribution in [-0.2, 0) is 4.79 Å². The van der Waals surface area contributed by atoms with Gasteiger partial charge in [0.25, 0.3) is 0 Å². The number of nitrogens with zero attached hydrogens (tertiary/aromatic N) is 3. The molecule has 2 N–H and O–H groups in total. The van der Waals surface area contributed by atoms with Gasteiger partial charge in [-0.15, -0.1) is 0 Å². The molecule has 0 aromatic carbocycles. The normalized spacial score (nSPS) is 36.9. The third-order valence-electron chi connectivity index (χ3n) is 4.99. The van der Waals surface area contributed by atoms with Crippen LogP contribution in [-0.4, -0.2) is 87.3 Å². The first-order chi connectivity index (χ1) is 9.97. The van der Waals surface area contributed by atoms with Gasteiger partial charge in [0.2, 0.25) is 0 Å². The number of carboxylic acids is 1. The summed E-state index contributed by atoms with van der Waals surface area (Å²) in [5, 5.41) is 18.9. The van der Waals surface area contributed by atoms with E-state index < -0.39 is 18.1 Å². The summed E-state index contributed by atoms with van der Waals surface area (Å²) < 4.78 is 0. The molecule has 3 aliphatic rings. The molecule has 3 aliphatic heterocycles. The van der Waals surface area contributed by atoms with E-state index in [0.717, 1.165) is 19.5 Å². The number of carbonyl (C=O) groups is 2. The fourth-order valence-corrected chi connectivity index (χ4v) is 3.88. The summed E-state index contributed by atoms with van der Waals surface area (Å²) in [5.41, 5.74) is 0. The number of fused-ring (bicyclic) bond motifs is 1. The number of rotatable bonds is 1. The zero-order valence-electron chi connectivity index (χ0n) is 12.3. The van der Waals surface area contributed by atoms with E-state index in [2.05, 4.69) is 4.90 Å². The third kappa shape index (κ3) is 2.60. The molecule has 3 unspecified atom stereocenters. The van der Waals surface area contributed by atoms with Crippen LogP contribution in [0.4, 0.5) is 4.79 Å². The number of hydrogen-bond donors (Lipinski definition) is 2. The number of aliphatic hydroxyl groups is 1. The summed E-state index contributed by atoms with van der Waals surface area (Å²) in [6.07, 6.45) is 1.65. The van der Waals surface area contributed by atoms with Crippen LogP contribution in [0.3, 0.4) is 0 Å². The first-order valence-corrected chi connectivity index (χ1v) is 7.69. The van der Waals surface area contributed by atoms with E-state index in [1.165, 1.54) is 11.3 Å². The lowest BCUT2D eigenvalue weighted by atomic mass is 10.1. The minimum atomic E-state index is -1.04. The van der Waals surface area contributed by atoms with Crippen LogP contribution in [0.15, 0.2) is 0 Å². The summed E-state index contributed by atoms with van der Waals surface area (Å²) in [7, 11) is 0. The Labute approximate surface area is 124 Å². The molecule has 7 heteroatoms. The molecule has 21 heavy (non-hydrogen) atoms. The number of likely N-dealkylation sites (tertiary alicyclic amines) is 1. The molecule has 118 valence electrons. The molecule has 0 saturated carbocycles. The van der Waals surface area contributed by atoms with E-state index in [-0.39, 0.29) is 25.0 Å². The minimum Gasteiger partial charge on any atom is -0.480 e.